The largest absolute Gasteiger partial charge is 0.339 e. The van der Waals surface area contributed by atoms with Crippen molar-refractivity contribution in [2.24, 2.45) is 5.92 Å². The van der Waals surface area contributed by atoms with Gasteiger partial charge in [0.1, 0.15) is 0 Å². The van der Waals surface area contributed by atoms with E-state index in [4.69, 9.17) is 0 Å². The first-order valence-electron chi connectivity index (χ1n) is 8.48. The van der Waals surface area contributed by atoms with Crippen LogP contribution >= 0.6 is 0 Å². The number of hydrogen-bond acceptors (Lipinski definition) is 5. The molecule has 0 unspecified atom stereocenters. The summed E-state index contributed by atoms with van der Waals surface area (Å²) < 4.78 is 51.3. The van der Waals surface area contributed by atoms with Gasteiger partial charge in [-0.05, 0) is 37.0 Å². The topological polar surface area (TPSA) is 101 Å². The molecule has 1 N–H and O–H groups in total. The Bertz CT molecular complexity index is 886. The number of sulfonamides is 1. The molecule has 0 atom stereocenters. The summed E-state index contributed by atoms with van der Waals surface area (Å²) in [7, 11) is -7.02. The predicted octanol–water partition coefficient (Wildman–Crippen LogP) is 0.863. The van der Waals surface area contributed by atoms with Gasteiger partial charge in [0, 0.05) is 13.1 Å². The number of aryl methyl sites for hydroxylation is 2. The van der Waals surface area contributed by atoms with E-state index >= 15 is 0 Å². The molecule has 1 heterocycles. The molecule has 2 rings (SSSR count). The maximum Gasteiger partial charge on any atom is 0.241 e. The number of carbonyl (C=O) groups excluding carboxylic acids is 1. The normalized spacial score (nSPS) is 16.0. The van der Waals surface area contributed by atoms with Crippen molar-refractivity contribution in [3.63, 3.8) is 0 Å². The summed E-state index contributed by atoms with van der Waals surface area (Å²) in [4.78, 5) is 13.7. The molecule has 1 fully saturated rings. The van der Waals surface area contributed by atoms with Crippen LogP contribution in [0.1, 0.15) is 25.0 Å². The Balaban J connectivity index is 1.93. The van der Waals surface area contributed by atoms with Crippen LogP contribution in [0.25, 0.3) is 0 Å². The first-order chi connectivity index (χ1) is 11.9. The monoisotopic (exact) mass is 402 g/mol. The van der Waals surface area contributed by atoms with Crippen molar-refractivity contribution in [2.75, 3.05) is 25.4 Å². The van der Waals surface area contributed by atoms with Crippen molar-refractivity contribution in [1.82, 2.24) is 9.62 Å². The minimum Gasteiger partial charge on any atom is -0.339 e. The highest BCUT2D eigenvalue weighted by Crippen LogP contribution is 2.20. The maximum atomic E-state index is 12.4. The summed E-state index contributed by atoms with van der Waals surface area (Å²) in [5, 5.41) is -0.551. The van der Waals surface area contributed by atoms with E-state index in [2.05, 4.69) is 4.72 Å². The number of sulfone groups is 1. The smallest absolute Gasteiger partial charge is 0.241 e. The Labute approximate surface area is 155 Å². The van der Waals surface area contributed by atoms with Crippen molar-refractivity contribution in [3.05, 3.63) is 29.3 Å². The molecule has 1 aromatic rings. The van der Waals surface area contributed by atoms with Crippen LogP contribution in [0.2, 0.25) is 0 Å². The van der Waals surface area contributed by atoms with Gasteiger partial charge in [-0.15, -0.1) is 0 Å². The number of likely N-dealkylation sites (tertiary alicyclic amines) is 1. The van der Waals surface area contributed by atoms with Gasteiger partial charge in [0.05, 0.1) is 22.4 Å². The third kappa shape index (κ3) is 4.83. The summed E-state index contributed by atoms with van der Waals surface area (Å²) in [5.74, 6) is -0.289. The van der Waals surface area contributed by atoms with Gasteiger partial charge in [-0.2, -0.15) is 0 Å². The molecule has 1 aliphatic heterocycles. The Morgan fingerprint density at radius 2 is 1.81 bits per heavy atom. The van der Waals surface area contributed by atoms with Crippen LogP contribution in [0, 0.1) is 19.8 Å². The lowest BCUT2D eigenvalue weighted by Gasteiger charge is -2.39. The zero-order valence-corrected chi connectivity index (χ0v) is 17.2. The van der Waals surface area contributed by atoms with Gasteiger partial charge in [0.2, 0.25) is 15.9 Å². The lowest BCUT2D eigenvalue weighted by molar-refractivity contribution is -0.133. The van der Waals surface area contributed by atoms with Crippen molar-refractivity contribution >= 4 is 25.8 Å². The molecule has 7 nitrogen and oxygen atoms in total. The fourth-order valence-corrected chi connectivity index (χ4v) is 6.13. The highest BCUT2D eigenvalue weighted by Gasteiger charge is 2.39. The number of nitrogens with one attached hydrogen (secondary N) is 1. The van der Waals surface area contributed by atoms with Crippen LogP contribution in [0.4, 0.5) is 0 Å². The molecule has 0 aromatic heterocycles. The van der Waals surface area contributed by atoms with Crippen LogP contribution in [0.3, 0.4) is 0 Å². The van der Waals surface area contributed by atoms with E-state index in [0.717, 1.165) is 5.56 Å². The minimum absolute atomic E-state index is 0.0362. The molecule has 0 spiro atoms. The van der Waals surface area contributed by atoms with E-state index in [-0.39, 0.29) is 36.2 Å². The van der Waals surface area contributed by atoms with E-state index in [1.54, 1.807) is 26.0 Å². The Morgan fingerprint density at radius 1 is 1.19 bits per heavy atom. The molecule has 26 heavy (non-hydrogen) atoms. The number of rotatable bonds is 7. The van der Waals surface area contributed by atoms with Crippen molar-refractivity contribution < 1.29 is 21.6 Å². The van der Waals surface area contributed by atoms with Crippen LogP contribution in [0.5, 0.6) is 0 Å². The predicted molar refractivity (Wildman–Crippen MR) is 100 cm³/mol. The third-order valence-electron chi connectivity index (χ3n) is 4.32. The maximum absolute atomic E-state index is 12.4. The first kappa shape index (κ1) is 20.9. The fraction of sp³-hybridized carbons (Fsp3) is 0.588. The fourth-order valence-electron chi connectivity index (χ4n) is 2.81. The van der Waals surface area contributed by atoms with Gasteiger partial charge < -0.3 is 4.90 Å². The molecule has 1 amide bonds. The number of benzene rings is 1. The average molecular weight is 403 g/mol. The Kier molecular flexibility index (Phi) is 6.14. The van der Waals surface area contributed by atoms with E-state index in [1.165, 1.54) is 4.90 Å². The molecular weight excluding hydrogens is 376 g/mol. The lowest BCUT2D eigenvalue weighted by atomic mass is 10.2. The van der Waals surface area contributed by atoms with Crippen LogP contribution in [-0.4, -0.2) is 58.3 Å². The summed E-state index contributed by atoms with van der Waals surface area (Å²) in [5.41, 5.74) is 1.41. The second-order valence-corrected chi connectivity index (χ2v) is 11.3. The summed E-state index contributed by atoms with van der Waals surface area (Å²) >= 11 is 0. The van der Waals surface area contributed by atoms with Crippen molar-refractivity contribution in [2.45, 2.75) is 37.8 Å². The molecule has 1 aliphatic rings. The SMILES string of the molecule is Cc1ccc(C)c(S(=O)(=O)NCC(=O)N2CC(S(=O)(=O)CC(C)C)C2)c1. The first-order valence-corrected chi connectivity index (χ1v) is 11.7. The molecule has 0 radical (unpaired) electrons. The van der Waals surface area contributed by atoms with E-state index in [1.807, 2.05) is 19.9 Å². The van der Waals surface area contributed by atoms with Gasteiger partial charge in [-0.3, -0.25) is 4.79 Å². The highest BCUT2D eigenvalue weighted by molar-refractivity contribution is 7.92. The standard InChI is InChI=1S/C17H26N2O5S2/c1-12(2)11-25(21,22)15-9-19(10-15)17(20)8-18-26(23,24)16-7-13(3)5-6-14(16)4/h5-7,12,15,18H,8-11H2,1-4H3. The van der Waals surface area contributed by atoms with Gasteiger partial charge in [0.25, 0.3) is 0 Å². The molecule has 146 valence electrons. The van der Waals surface area contributed by atoms with E-state index in [0.29, 0.717) is 5.56 Å². The molecular formula is C17H26N2O5S2. The number of carbonyl (C=O) groups is 1. The second-order valence-electron chi connectivity index (χ2n) is 7.24. The molecule has 9 heteroatoms. The molecule has 1 aromatic carbocycles. The van der Waals surface area contributed by atoms with Crippen molar-refractivity contribution in [1.29, 1.82) is 0 Å². The number of nitrogens with zero attached hydrogens (tertiary/aromatic N) is 1. The van der Waals surface area contributed by atoms with Crippen LogP contribution in [-0.2, 0) is 24.7 Å². The number of hydrogen-bond donors (Lipinski definition) is 1. The summed E-state index contributed by atoms with van der Waals surface area (Å²) in [6.45, 7) is 7.02. The molecule has 0 saturated carbocycles. The lowest BCUT2D eigenvalue weighted by Crippen LogP contribution is -2.59. The average Bonchev–Trinajstić information content (AvgIpc) is 2.44. The highest BCUT2D eigenvalue weighted by atomic mass is 32.2. The third-order valence-corrected chi connectivity index (χ3v) is 8.31. The zero-order valence-electron chi connectivity index (χ0n) is 15.5. The van der Waals surface area contributed by atoms with Crippen LogP contribution < -0.4 is 4.72 Å². The van der Waals surface area contributed by atoms with Crippen LogP contribution in [0.15, 0.2) is 23.1 Å². The molecule has 1 saturated heterocycles. The van der Waals surface area contributed by atoms with Gasteiger partial charge in [-0.1, -0.05) is 26.0 Å². The molecule has 0 aliphatic carbocycles. The van der Waals surface area contributed by atoms with E-state index < -0.39 is 31.0 Å². The van der Waals surface area contributed by atoms with Gasteiger partial charge >= 0.3 is 0 Å². The van der Waals surface area contributed by atoms with Crippen molar-refractivity contribution in [3.8, 4) is 0 Å². The number of amides is 1. The zero-order chi connectivity index (χ0) is 19.7. The second kappa shape index (κ2) is 7.66. The summed E-state index contributed by atoms with van der Waals surface area (Å²) in [6.07, 6.45) is 0. The quantitative estimate of drug-likeness (QED) is 0.729. The van der Waals surface area contributed by atoms with Gasteiger partial charge in [-0.25, -0.2) is 21.6 Å². The minimum atomic E-state index is -3.80. The van der Waals surface area contributed by atoms with Gasteiger partial charge in [0.15, 0.2) is 9.84 Å². The van der Waals surface area contributed by atoms with E-state index in [9.17, 15) is 21.6 Å². The Hall–Kier alpha value is -1.45. The summed E-state index contributed by atoms with van der Waals surface area (Å²) in [6, 6.07) is 5.09. The molecule has 0 bridgehead atoms. The Morgan fingerprint density at radius 3 is 2.38 bits per heavy atom.